The van der Waals surface area contributed by atoms with E-state index in [1.165, 1.54) is 6.07 Å². The monoisotopic (exact) mass is 399 g/mol. The van der Waals surface area contributed by atoms with Gasteiger partial charge >= 0.3 is 11.9 Å². The van der Waals surface area contributed by atoms with Crippen LogP contribution in [-0.2, 0) is 16.1 Å². The molecule has 0 bridgehead atoms. The highest BCUT2D eigenvalue weighted by atomic mass is 19.2. The van der Waals surface area contributed by atoms with E-state index in [0.29, 0.717) is 5.56 Å². The van der Waals surface area contributed by atoms with Crippen LogP contribution in [0.3, 0.4) is 0 Å². The van der Waals surface area contributed by atoms with Crippen molar-refractivity contribution < 1.29 is 27.8 Å². The predicted molar refractivity (Wildman–Crippen MR) is 97.2 cm³/mol. The van der Waals surface area contributed by atoms with Gasteiger partial charge in [-0.1, -0.05) is 6.07 Å². The highest BCUT2D eigenvalue weighted by Gasteiger charge is 2.25. The number of hydrogen-bond acceptors (Lipinski definition) is 6. The molecule has 0 aliphatic heterocycles. The van der Waals surface area contributed by atoms with Gasteiger partial charge < -0.3 is 14.0 Å². The van der Waals surface area contributed by atoms with Crippen molar-refractivity contribution in [3.63, 3.8) is 0 Å². The van der Waals surface area contributed by atoms with Gasteiger partial charge in [0.2, 0.25) is 0 Å². The summed E-state index contributed by atoms with van der Waals surface area (Å²) in [7, 11) is 0. The minimum absolute atomic E-state index is 0.0666. The van der Waals surface area contributed by atoms with Crippen LogP contribution in [0.5, 0.6) is 5.75 Å². The van der Waals surface area contributed by atoms with Crippen molar-refractivity contribution in [3.05, 3.63) is 59.0 Å². The highest BCUT2D eigenvalue weighted by molar-refractivity contribution is 6.01. The first kappa shape index (κ1) is 19.9. The van der Waals surface area contributed by atoms with Gasteiger partial charge in [0.1, 0.15) is 6.07 Å². The van der Waals surface area contributed by atoms with Gasteiger partial charge in [0.05, 0.1) is 12.1 Å². The van der Waals surface area contributed by atoms with Crippen molar-refractivity contribution in [2.75, 3.05) is 6.61 Å². The third-order valence-electron chi connectivity index (χ3n) is 4.03. The Morgan fingerprint density at radius 1 is 1.24 bits per heavy atom. The maximum Gasteiger partial charge on any atom is 0.360 e. The predicted octanol–water partition coefficient (Wildman–Crippen LogP) is 3.34. The molecule has 1 aromatic carbocycles. The molecule has 2 heterocycles. The quantitative estimate of drug-likeness (QED) is 0.611. The van der Waals surface area contributed by atoms with Crippen molar-refractivity contribution in [1.82, 2.24) is 9.55 Å². The van der Waals surface area contributed by atoms with Crippen LogP contribution >= 0.6 is 0 Å². The Morgan fingerprint density at radius 3 is 2.62 bits per heavy atom. The van der Waals surface area contributed by atoms with E-state index in [0.717, 1.165) is 19.1 Å². The minimum atomic E-state index is -0.997. The fraction of sp³-hybridized carbons (Fsp3) is 0.200. The molecule has 29 heavy (non-hydrogen) atoms. The van der Waals surface area contributed by atoms with Gasteiger partial charge in [0, 0.05) is 25.1 Å². The summed E-state index contributed by atoms with van der Waals surface area (Å²) in [5, 5.41) is 9.83. The summed E-state index contributed by atoms with van der Waals surface area (Å²) in [5.74, 6) is -3.62. The molecule has 0 radical (unpaired) electrons. The largest absolute Gasteiger partial charge is 0.461 e. The number of fused-ring (bicyclic) bond motifs is 1. The number of carbonyl (C=O) groups is 2. The van der Waals surface area contributed by atoms with Crippen LogP contribution in [0.1, 0.15) is 35.6 Å². The minimum Gasteiger partial charge on any atom is -0.461 e. The summed E-state index contributed by atoms with van der Waals surface area (Å²) >= 11 is 0. The Morgan fingerprint density at radius 2 is 2.00 bits per heavy atom. The van der Waals surface area contributed by atoms with E-state index < -0.39 is 23.6 Å². The van der Waals surface area contributed by atoms with Gasteiger partial charge in [-0.3, -0.25) is 4.79 Å². The van der Waals surface area contributed by atoms with Gasteiger partial charge in [-0.15, -0.1) is 0 Å². The molecular formula is C20H15F2N3O4. The zero-order valence-corrected chi connectivity index (χ0v) is 15.5. The lowest BCUT2D eigenvalue weighted by Gasteiger charge is -2.12. The first-order chi connectivity index (χ1) is 13.8. The topological polar surface area (TPSA) is 94.2 Å². The molecule has 148 valence electrons. The lowest BCUT2D eigenvalue weighted by atomic mass is 10.1. The second kappa shape index (κ2) is 8.06. The molecule has 0 aliphatic carbocycles. The zero-order chi connectivity index (χ0) is 21.1. The van der Waals surface area contributed by atoms with E-state index in [-0.39, 0.29) is 41.2 Å². The Balaban J connectivity index is 2.19. The second-order valence-electron chi connectivity index (χ2n) is 6.02. The molecule has 7 nitrogen and oxygen atoms in total. The number of hydrogen-bond donors (Lipinski definition) is 0. The molecule has 0 aliphatic rings. The van der Waals surface area contributed by atoms with E-state index in [1.54, 1.807) is 23.8 Å². The summed E-state index contributed by atoms with van der Waals surface area (Å²) in [5.41, 5.74) is 0.318. The van der Waals surface area contributed by atoms with Crippen LogP contribution in [0.15, 0.2) is 30.5 Å². The smallest absolute Gasteiger partial charge is 0.360 e. The summed E-state index contributed by atoms with van der Waals surface area (Å²) in [6, 6.07) is 6.90. The molecule has 0 saturated heterocycles. The molecule has 0 spiro atoms. The van der Waals surface area contributed by atoms with Gasteiger partial charge in [0.25, 0.3) is 0 Å². The molecule has 0 atom stereocenters. The van der Waals surface area contributed by atoms with E-state index in [1.807, 2.05) is 6.07 Å². The number of esters is 2. The third-order valence-corrected chi connectivity index (χ3v) is 4.03. The number of carbonyl (C=O) groups excluding carboxylic acids is 2. The van der Waals surface area contributed by atoms with Crippen LogP contribution in [0, 0.1) is 23.0 Å². The molecule has 3 aromatic rings. The standard InChI is InChI=1S/C20H15F2N3O4/c1-3-28-20(27)17-19(29-11(2)26)13-6-7-25(18(13)16(9-23)24-17)10-12-4-5-14(21)15(22)8-12/h4-8H,3,10H2,1-2H3. The number of pyridine rings is 1. The normalized spacial score (nSPS) is 10.6. The van der Waals surface area contributed by atoms with Crippen LogP contribution < -0.4 is 4.74 Å². The molecule has 0 amide bonds. The van der Waals surface area contributed by atoms with Gasteiger partial charge in [-0.2, -0.15) is 5.26 Å². The average Bonchev–Trinajstić information content (AvgIpc) is 3.09. The summed E-state index contributed by atoms with van der Waals surface area (Å²) in [4.78, 5) is 27.8. The number of nitrogens with zero attached hydrogens (tertiary/aromatic N) is 3. The van der Waals surface area contributed by atoms with Crippen molar-refractivity contribution in [1.29, 1.82) is 5.26 Å². The van der Waals surface area contributed by atoms with E-state index in [2.05, 4.69) is 4.98 Å². The van der Waals surface area contributed by atoms with E-state index >= 15 is 0 Å². The molecule has 0 saturated carbocycles. The fourth-order valence-electron chi connectivity index (χ4n) is 2.89. The molecule has 0 fully saturated rings. The summed E-state index contributed by atoms with van der Waals surface area (Å²) in [6.07, 6.45) is 1.57. The van der Waals surface area contributed by atoms with Crippen LogP contribution in [-0.4, -0.2) is 28.1 Å². The van der Waals surface area contributed by atoms with Crippen LogP contribution in [0.25, 0.3) is 10.9 Å². The van der Waals surface area contributed by atoms with Gasteiger partial charge in [0.15, 0.2) is 28.8 Å². The molecular weight excluding hydrogens is 384 g/mol. The van der Waals surface area contributed by atoms with E-state index in [4.69, 9.17) is 9.47 Å². The first-order valence-electron chi connectivity index (χ1n) is 8.58. The molecule has 0 unspecified atom stereocenters. The van der Waals surface area contributed by atoms with Gasteiger partial charge in [-0.05, 0) is 30.7 Å². The van der Waals surface area contributed by atoms with Crippen molar-refractivity contribution >= 4 is 22.8 Å². The molecule has 9 heteroatoms. The molecule has 2 aromatic heterocycles. The number of nitriles is 1. The van der Waals surface area contributed by atoms with Crippen LogP contribution in [0.2, 0.25) is 0 Å². The Kier molecular flexibility index (Phi) is 5.54. The number of halogens is 2. The van der Waals surface area contributed by atoms with Crippen LogP contribution in [0.4, 0.5) is 8.78 Å². The second-order valence-corrected chi connectivity index (χ2v) is 6.02. The van der Waals surface area contributed by atoms with Crippen molar-refractivity contribution in [2.45, 2.75) is 20.4 Å². The maximum atomic E-state index is 13.5. The lowest BCUT2D eigenvalue weighted by molar-refractivity contribution is -0.131. The highest BCUT2D eigenvalue weighted by Crippen LogP contribution is 2.33. The van der Waals surface area contributed by atoms with Crippen molar-refractivity contribution in [2.24, 2.45) is 0 Å². The average molecular weight is 399 g/mol. The van der Waals surface area contributed by atoms with E-state index in [9.17, 15) is 23.6 Å². The molecule has 0 N–H and O–H groups in total. The molecule has 3 rings (SSSR count). The fourth-order valence-corrected chi connectivity index (χ4v) is 2.89. The Labute approximate surface area is 164 Å². The number of benzene rings is 1. The SMILES string of the molecule is CCOC(=O)c1nc(C#N)c2c(ccn2Cc2ccc(F)c(F)c2)c1OC(C)=O. The van der Waals surface area contributed by atoms with Crippen molar-refractivity contribution in [3.8, 4) is 11.8 Å². The summed E-state index contributed by atoms with van der Waals surface area (Å²) in [6.45, 7) is 2.93. The lowest BCUT2D eigenvalue weighted by Crippen LogP contribution is -2.14. The Hall–Kier alpha value is -3.80. The Bertz CT molecular complexity index is 1160. The third kappa shape index (κ3) is 3.91. The number of aromatic nitrogens is 2. The maximum absolute atomic E-state index is 13.5. The van der Waals surface area contributed by atoms with Gasteiger partial charge in [-0.25, -0.2) is 18.6 Å². The number of ether oxygens (including phenoxy) is 2. The zero-order valence-electron chi connectivity index (χ0n) is 15.5. The summed E-state index contributed by atoms with van der Waals surface area (Å²) < 4.78 is 38.4. The first-order valence-corrected chi connectivity index (χ1v) is 8.58. The number of rotatable bonds is 5.